The van der Waals surface area contributed by atoms with Gasteiger partial charge in [0.2, 0.25) is 5.28 Å². The lowest BCUT2D eigenvalue weighted by Gasteiger charge is -2.30. The average molecular weight is 482 g/mol. The fraction of sp³-hybridized carbons (Fsp3) is 0.500. The topological polar surface area (TPSA) is 90.8 Å². The third kappa shape index (κ3) is 4.73. The second kappa shape index (κ2) is 9.36. The Labute approximate surface area is 195 Å². The van der Waals surface area contributed by atoms with Crippen LogP contribution in [0.3, 0.4) is 0 Å². The highest BCUT2D eigenvalue weighted by atomic mass is 35.5. The van der Waals surface area contributed by atoms with Crippen molar-refractivity contribution in [1.82, 2.24) is 19.8 Å². The first kappa shape index (κ1) is 23.6. The maximum atomic E-state index is 14.2. The normalized spacial score (nSPS) is 17.2. The summed E-state index contributed by atoms with van der Waals surface area (Å²) in [4.78, 5) is 25.0. The summed E-state index contributed by atoms with van der Waals surface area (Å²) in [6.07, 6.45) is 0. The Morgan fingerprint density at radius 1 is 1.27 bits per heavy atom. The van der Waals surface area contributed by atoms with E-state index in [1.165, 1.54) is 6.07 Å². The van der Waals surface area contributed by atoms with Gasteiger partial charge in [0.15, 0.2) is 0 Å². The van der Waals surface area contributed by atoms with E-state index in [-0.39, 0.29) is 16.9 Å². The van der Waals surface area contributed by atoms with Crippen molar-refractivity contribution in [3.63, 3.8) is 0 Å². The molecule has 1 fully saturated rings. The first-order valence-electron chi connectivity index (χ1n) is 10.7. The zero-order valence-corrected chi connectivity index (χ0v) is 19.2. The van der Waals surface area contributed by atoms with E-state index < -0.39 is 18.6 Å². The van der Waals surface area contributed by atoms with Gasteiger partial charge in [-0.1, -0.05) is 18.2 Å². The Bertz CT molecular complexity index is 1050. The minimum atomic E-state index is -3.33. The van der Waals surface area contributed by atoms with Gasteiger partial charge in [0, 0.05) is 24.2 Å². The molecule has 1 atom stereocenters. The lowest BCUT2D eigenvalue weighted by atomic mass is 9.94. The molecule has 11 heteroatoms. The number of aliphatic hydroxyl groups excluding tert-OH is 1. The number of alkyl halides is 2. The number of aliphatic hydroxyl groups is 1. The van der Waals surface area contributed by atoms with Crippen LogP contribution < -0.4 is 5.32 Å². The van der Waals surface area contributed by atoms with Crippen molar-refractivity contribution in [2.45, 2.75) is 38.9 Å². The number of hydrogen-bond donors (Lipinski definition) is 2. The Hall–Kier alpha value is -2.56. The first-order chi connectivity index (χ1) is 15.7. The minimum absolute atomic E-state index is 0.0430. The zero-order chi connectivity index (χ0) is 23.8. The van der Waals surface area contributed by atoms with Gasteiger partial charge in [-0.3, -0.25) is 0 Å². The van der Waals surface area contributed by atoms with Gasteiger partial charge in [-0.05, 0) is 36.6 Å². The molecule has 8 nitrogen and oxygen atoms in total. The molecule has 178 valence electrons. The van der Waals surface area contributed by atoms with E-state index in [9.17, 15) is 13.6 Å². The molecule has 2 aliphatic rings. The number of fused-ring (bicyclic) bond motifs is 1. The third-order valence-electron chi connectivity index (χ3n) is 6.10. The number of rotatable bonds is 5. The summed E-state index contributed by atoms with van der Waals surface area (Å²) in [7, 11) is 0. The van der Waals surface area contributed by atoms with E-state index >= 15 is 0 Å². The van der Waals surface area contributed by atoms with Gasteiger partial charge in [-0.2, -0.15) is 8.78 Å². The number of nitrogens with zero attached hydrogens (tertiary/aromatic N) is 4. The van der Waals surface area contributed by atoms with Crippen LogP contribution in [0, 0.1) is 6.92 Å². The number of hydrogen-bond acceptors (Lipinski definition) is 6. The highest BCUT2D eigenvalue weighted by Crippen LogP contribution is 2.35. The molecule has 3 heterocycles. The van der Waals surface area contributed by atoms with Gasteiger partial charge in [0.1, 0.15) is 12.4 Å². The molecule has 0 radical (unpaired) electrons. The Morgan fingerprint density at radius 3 is 2.70 bits per heavy atom. The minimum Gasteiger partial charge on any atom is -0.390 e. The maximum absolute atomic E-state index is 14.2. The highest BCUT2D eigenvalue weighted by Gasteiger charge is 2.34. The number of morpholine rings is 1. The monoisotopic (exact) mass is 481 g/mol. The predicted molar refractivity (Wildman–Crippen MR) is 118 cm³/mol. The largest absolute Gasteiger partial charge is 0.390 e. The third-order valence-corrected chi connectivity index (χ3v) is 6.26. The van der Waals surface area contributed by atoms with Crippen molar-refractivity contribution in [3.8, 4) is 0 Å². The van der Waals surface area contributed by atoms with E-state index in [1.807, 2.05) is 6.92 Å². The zero-order valence-electron chi connectivity index (χ0n) is 18.4. The fourth-order valence-corrected chi connectivity index (χ4v) is 4.51. The number of anilines is 1. The van der Waals surface area contributed by atoms with Crippen LogP contribution in [-0.2, 0) is 23.7 Å². The van der Waals surface area contributed by atoms with Gasteiger partial charge in [-0.25, -0.2) is 14.8 Å². The van der Waals surface area contributed by atoms with Crippen LogP contribution in [-0.4, -0.2) is 63.8 Å². The van der Waals surface area contributed by atoms with Crippen molar-refractivity contribution >= 4 is 23.4 Å². The molecule has 2 aromatic rings. The van der Waals surface area contributed by atoms with Crippen LogP contribution >= 0.6 is 11.6 Å². The Morgan fingerprint density at radius 2 is 2.00 bits per heavy atom. The molecule has 0 aliphatic carbocycles. The molecular formula is C22H26ClF2N5O3. The number of nitrogens with one attached hydrogen (secondary N) is 1. The van der Waals surface area contributed by atoms with Crippen LogP contribution in [0.5, 0.6) is 0 Å². The second-order valence-corrected chi connectivity index (χ2v) is 8.59. The summed E-state index contributed by atoms with van der Waals surface area (Å²) in [5.41, 5.74) is 2.22. The molecule has 1 unspecified atom stereocenters. The van der Waals surface area contributed by atoms with Gasteiger partial charge < -0.3 is 25.0 Å². The number of carbonyl (C=O) groups is 1. The number of aromatic nitrogens is 2. The van der Waals surface area contributed by atoms with Gasteiger partial charge in [-0.15, -0.1) is 0 Å². The number of ether oxygens (including phenoxy) is 1. The molecule has 33 heavy (non-hydrogen) atoms. The van der Waals surface area contributed by atoms with Crippen molar-refractivity contribution in [2.24, 2.45) is 0 Å². The van der Waals surface area contributed by atoms with Gasteiger partial charge in [0.25, 0.3) is 5.92 Å². The smallest absolute Gasteiger partial charge is 0.320 e. The predicted octanol–water partition coefficient (Wildman–Crippen LogP) is 3.46. The molecular weight excluding hydrogens is 456 g/mol. The summed E-state index contributed by atoms with van der Waals surface area (Å²) < 4.78 is 33.6. The van der Waals surface area contributed by atoms with E-state index in [2.05, 4.69) is 15.3 Å². The van der Waals surface area contributed by atoms with Crippen molar-refractivity contribution in [1.29, 1.82) is 0 Å². The van der Waals surface area contributed by atoms with Crippen molar-refractivity contribution in [3.05, 3.63) is 51.4 Å². The standard InChI is InChI=1S/C22H26ClF2N5O3/c1-13-15(4-3-5-17(13)22(24,25)12-31)14(2)26-19-16-10-30(11-18(16)27-20(23)28-19)21(32)29-6-8-33-9-7-29/h3-5,14,31H,6-12H2,1-2H3,(H,26,27,28). The fourth-order valence-electron chi connectivity index (χ4n) is 4.32. The molecule has 2 N–H and O–H groups in total. The van der Waals surface area contributed by atoms with Gasteiger partial charge >= 0.3 is 6.03 Å². The maximum Gasteiger partial charge on any atom is 0.320 e. The Kier molecular flexibility index (Phi) is 6.69. The summed E-state index contributed by atoms with van der Waals surface area (Å²) in [6.45, 7) is 4.90. The summed E-state index contributed by atoms with van der Waals surface area (Å²) in [6, 6.07) is 4.12. The Balaban J connectivity index is 1.57. The summed E-state index contributed by atoms with van der Waals surface area (Å²) >= 11 is 6.15. The quantitative estimate of drug-likeness (QED) is 0.635. The van der Waals surface area contributed by atoms with Crippen LogP contribution in [0.15, 0.2) is 18.2 Å². The lowest BCUT2D eigenvalue weighted by molar-refractivity contribution is -0.0561. The molecule has 0 bridgehead atoms. The van der Waals surface area contributed by atoms with Crippen LogP contribution in [0.1, 0.15) is 40.9 Å². The molecule has 2 aliphatic heterocycles. The summed E-state index contributed by atoms with van der Waals surface area (Å²) in [5, 5.41) is 12.4. The molecule has 1 saturated heterocycles. The molecule has 1 aromatic carbocycles. The average Bonchev–Trinajstić information content (AvgIpc) is 3.23. The van der Waals surface area contributed by atoms with E-state index in [0.717, 1.165) is 5.56 Å². The van der Waals surface area contributed by atoms with Crippen molar-refractivity contribution < 1.29 is 23.4 Å². The van der Waals surface area contributed by atoms with E-state index in [4.69, 9.17) is 21.4 Å². The second-order valence-electron chi connectivity index (χ2n) is 8.25. The molecule has 2 amide bonds. The van der Waals surface area contributed by atoms with Crippen LogP contribution in [0.4, 0.5) is 19.4 Å². The van der Waals surface area contributed by atoms with Gasteiger partial charge in [0.05, 0.1) is 38.0 Å². The van der Waals surface area contributed by atoms with Crippen LogP contribution in [0.25, 0.3) is 0 Å². The van der Waals surface area contributed by atoms with E-state index in [1.54, 1.807) is 28.9 Å². The number of carbonyl (C=O) groups excluding carboxylic acids is 1. The summed E-state index contributed by atoms with van der Waals surface area (Å²) in [5.74, 6) is -2.87. The van der Waals surface area contributed by atoms with E-state index in [0.29, 0.717) is 62.0 Å². The molecule has 0 saturated carbocycles. The number of halogens is 3. The number of urea groups is 1. The van der Waals surface area contributed by atoms with Crippen LogP contribution in [0.2, 0.25) is 5.28 Å². The highest BCUT2D eigenvalue weighted by molar-refractivity contribution is 6.28. The molecule has 4 rings (SSSR count). The molecule has 0 spiro atoms. The van der Waals surface area contributed by atoms with Crippen molar-refractivity contribution in [2.75, 3.05) is 38.2 Å². The lowest BCUT2D eigenvalue weighted by Crippen LogP contribution is -2.46. The number of benzene rings is 1. The first-order valence-corrected chi connectivity index (χ1v) is 11.1. The molecule has 1 aromatic heterocycles. The number of amides is 2. The SMILES string of the molecule is Cc1c(C(C)Nc2nc(Cl)nc3c2CN(C(=O)N2CCOCC2)C3)cccc1C(F)(F)CO.